The van der Waals surface area contributed by atoms with E-state index in [-0.39, 0.29) is 12.0 Å². The molecule has 18 heavy (non-hydrogen) atoms. The Morgan fingerprint density at radius 2 is 2.06 bits per heavy atom. The van der Waals surface area contributed by atoms with E-state index in [0.717, 1.165) is 18.5 Å². The van der Waals surface area contributed by atoms with E-state index in [1.165, 1.54) is 5.56 Å². The van der Waals surface area contributed by atoms with Gasteiger partial charge in [0.05, 0.1) is 13.0 Å². The van der Waals surface area contributed by atoms with Gasteiger partial charge < -0.3 is 10.1 Å². The Bertz CT molecular complexity index is 377. The number of benzene rings is 1. The van der Waals surface area contributed by atoms with Gasteiger partial charge in [-0.3, -0.25) is 4.79 Å². The smallest absolute Gasteiger partial charge is 0.307 e. The van der Waals surface area contributed by atoms with Crippen LogP contribution in [-0.4, -0.2) is 18.6 Å². The van der Waals surface area contributed by atoms with E-state index in [9.17, 15) is 4.79 Å². The molecule has 3 heteroatoms. The van der Waals surface area contributed by atoms with Gasteiger partial charge in [0.2, 0.25) is 0 Å². The van der Waals surface area contributed by atoms with Gasteiger partial charge in [0, 0.05) is 11.7 Å². The molecule has 0 spiro atoms. The molecule has 0 aliphatic carbocycles. The molecule has 1 aromatic carbocycles. The van der Waals surface area contributed by atoms with Crippen LogP contribution in [0.15, 0.2) is 24.3 Å². The van der Waals surface area contributed by atoms with Gasteiger partial charge in [-0.15, -0.1) is 0 Å². The largest absolute Gasteiger partial charge is 0.466 e. The summed E-state index contributed by atoms with van der Waals surface area (Å²) in [6.45, 7) is 6.43. The third kappa shape index (κ3) is 4.78. The van der Waals surface area contributed by atoms with Crippen molar-refractivity contribution in [2.45, 2.75) is 46.1 Å². The summed E-state index contributed by atoms with van der Waals surface area (Å²) >= 11 is 0. The summed E-state index contributed by atoms with van der Waals surface area (Å²) in [5.41, 5.74) is 2.42. The van der Waals surface area contributed by atoms with Crippen molar-refractivity contribution in [3.05, 3.63) is 29.8 Å². The Morgan fingerprint density at radius 1 is 1.33 bits per heavy atom. The molecule has 0 heterocycles. The molecular formula is C15H23NO2. The number of aryl methyl sites for hydroxylation is 1. The average molecular weight is 249 g/mol. The summed E-state index contributed by atoms with van der Waals surface area (Å²) in [7, 11) is 0. The first kappa shape index (κ1) is 14.6. The van der Waals surface area contributed by atoms with Crippen molar-refractivity contribution >= 4 is 11.7 Å². The zero-order valence-corrected chi connectivity index (χ0v) is 11.5. The van der Waals surface area contributed by atoms with E-state index < -0.39 is 0 Å². The second-order valence-corrected chi connectivity index (χ2v) is 4.46. The van der Waals surface area contributed by atoms with E-state index in [1.807, 2.05) is 26.0 Å². The van der Waals surface area contributed by atoms with Crippen LogP contribution < -0.4 is 5.32 Å². The fourth-order valence-electron chi connectivity index (χ4n) is 1.93. The summed E-state index contributed by atoms with van der Waals surface area (Å²) in [4.78, 5) is 11.4. The maximum absolute atomic E-state index is 11.4. The van der Waals surface area contributed by atoms with Crippen molar-refractivity contribution < 1.29 is 9.53 Å². The number of hydrogen-bond donors (Lipinski definition) is 1. The quantitative estimate of drug-likeness (QED) is 0.753. The highest BCUT2D eigenvalue weighted by molar-refractivity contribution is 5.70. The number of nitrogens with one attached hydrogen (secondary N) is 1. The van der Waals surface area contributed by atoms with Gasteiger partial charge in [-0.05, 0) is 31.9 Å². The van der Waals surface area contributed by atoms with Gasteiger partial charge in [-0.2, -0.15) is 0 Å². The fraction of sp³-hybridized carbons (Fsp3) is 0.533. The number of esters is 1. The van der Waals surface area contributed by atoms with Crippen LogP contribution >= 0.6 is 0 Å². The second-order valence-electron chi connectivity index (χ2n) is 4.46. The molecule has 0 aliphatic rings. The summed E-state index contributed by atoms with van der Waals surface area (Å²) < 4.78 is 4.95. The molecule has 100 valence electrons. The zero-order valence-electron chi connectivity index (χ0n) is 11.5. The molecule has 1 N–H and O–H groups in total. The van der Waals surface area contributed by atoms with Gasteiger partial charge in [-0.25, -0.2) is 0 Å². The molecule has 0 radical (unpaired) electrons. The topological polar surface area (TPSA) is 38.3 Å². The van der Waals surface area contributed by atoms with Crippen molar-refractivity contribution in [2.75, 3.05) is 11.9 Å². The Balaban J connectivity index is 2.58. The average Bonchev–Trinajstić information content (AvgIpc) is 2.32. The molecule has 0 saturated carbocycles. The maximum atomic E-state index is 11.4. The summed E-state index contributed by atoms with van der Waals surface area (Å²) in [6, 6.07) is 8.34. The summed E-state index contributed by atoms with van der Waals surface area (Å²) in [5.74, 6) is -0.148. The Labute approximate surface area is 110 Å². The van der Waals surface area contributed by atoms with Crippen LogP contribution in [0.4, 0.5) is 5.69 Å². The molecule has 0 amide bonds. The van der Waals surface area contributed by atoms with Crippen LogP contribution in [0, 0.1) is 0 Å². The Kier molecular flexibility index (Phi) is 6.26. The third-order valence-corrected chi connectivity index (χ3v) is 2.72. The van der Waals surface area contributed by atoms with E-state index in [0.29, 0.717) is 13.0 Å². The van der Waals surface area contributed by atoms with Crippen LogP contribution in [-0.2, 0) is 16.0 Å². The number of carbonyl (C=O) groups is 1. The van der Waals surface area contributed by atoms with E-state index in [4.69, 9.17) is 4.74 Å². The van der Waals surface area contributed by atoms with Gasteiger partial charge in [-0.1, -0.05) is 31.5 Å². The first-order valence-corrected chi connectivity index (χ1v) is 6.67. The van der Waals surface area contributed by atoms with Crippen molar-refractivity contribution in [3.63, 3.8) is 0 Å². The van der Waals surface area contributed by atoms with Gasteiger partial charge in [0.25, 0.3) is 0 Å². The molecule has 0 aromatic heterocycles. The van der Waals surface area contributed by atoms with E-state index in [1.54, 1.807) is 0 Å². The first-order valence-electron chi connectivity index (χ1n) is 6.67. The summed E-state index contributed by atoms with van der Waals surface area (Å²) in [5, 5.41) is 3.38. The molecule has 0 aliphatic heterocycles. The molecule has 1 unspecified atom stereocenters. The number of rotatable bonds is 7. The molecule has 0 saturated heterocycles. The van der Waals surface area contributed by atoms with Gasteiger partial charge >= 0.3 is 5.97 Å². The molecular weight excluding hydrogens is 226 g/mol. The molecule has 1 rings (SSSR count). The lowest BCUT2D eigenvalue weighted by atomic mass is 10.1. The minimum absolute atomic E-state index is 0.0852. The molecule has 0 bridgehead atoms. The van der Waals surface area contributed by atoms with Crippen molar-refractivity contribution in [1.29, 1.82) is 0 Å². The second kappa shape index (κ2) is 7.75. The SMILES string of the molecule is CCCc1ccccc1NC(C)CC(=O)OCC. The van der Waals surface area contributed by atoms with Gasteiger partial charge in [0.1, 0.15) is 0 Å². The third-order valence-electron chi connectivity index (χ3n) is 2.72. The predicted molar refractivity (Wildman–Crippen MR) is 74.8 cm³/mol. The van der Waals surface area contributed by atoms with Gasteiger partial charge in [0.15, 0.2) is 0 Å². The maximum Gasteiger partial charge on any atom is 0.307 e. The monoisotopic (exact) mass is 249 g/mol. The molecule has 0 fully saturated rings. The number of hydrogen-bond acceptors (Lipinski definition) is 3. The van der Waals surface area contributed by atoms with E-state index in [2.05, 4.69) is 24.4 Å². The van der Waals surface area contributed by atoms with Crippen molar-refractivity contribution in [1.82, 2.24) is 0 Å². The number of ether oxygens (including phenoxy) is 1. The highest BCUT2D eigenvalue weighted by Crippen LogP contribution is 2.18. The minimum atomic E-state index is -0.148. The lowest BCUT2D eigenvalue weighted by molar-refractivity contribution is -0.143. The van der Waals surface area contributed by atoms with Crippen molar-refractivity contribution in [2.24, 2.45) is 0 Å². The van der Waals surface area contributed by atoms with Crippen LogP contribution in [0.1, 0.15) is 39.2 Å². The molecule has 3 nitrogen and oxygen atoms in total. The highest BCUT2D eigenvalue weighted by Gasteiger charge is 2.10. The minimum Gasteiger partial charge on any atom is -0.466 e. The van der Waals surface area contributed by atoms with Crippen LogP contribution in [0.25, 0.3) is 0 Å². The standard InChI is InChI=1S/C15H23NO2/c1-4-8-13-9-6-7-10-14(13)16-12(3)11-15(17)18-5-2/h6-7,9-10,12,16H,4-5,8,11H2,1-3H3. The zero-order chi connectivity index (χ0) is 13.4. The number of para-hydroxylation sites is 1. The number of carbonyl (C=O) groups excluding carboxylic acids is 1. The lowest BCUT2D eigenvalue weighted by Gasteiger charge is -2.17. The first-order chi connectivity index (χ1) is 8.67. The molecule has 1 atom stereocenters. The van der Waals surface area contributed by atoms with Crippen LogP contribution in [0.5, 0.6) is 0 Å². The van der Waals surface area contributed by atoms with Crippen molar-refractivity contribution in [3.8, 4) is 0 Å². The van der Waals surface area contributed by atoms with Crippen LogP contribution in [0.3, 0.4) is 0 Å². The van der Waals surface area contributed by atoms with E-state index >= 15 is 0 Å². The predicted octanol–water partition coefficient (Wildman–Crippen LogP) is 3.39. The lowest BCUT2D eigenvalue weighted by Crippen LogP contribution is -2.21. The Hall–Kier alpha value is -1.51. The normalized spacial score (nSPS) is 11.9. The fourth-order valence-corrected chi connectivity index (χ4v) is 1.93. The number of anilines is 1. The Morgan fingerprint density at radius 3 is 2.72 bits per heavy atom. The highest BCUT2D eigenvalue weighted by atomic mass is 16.5. The molecule has 1 aromatic rings. The summed E-state index contributed by atoms with van der Waals surface area (Å²) in [6.07, 6.45) is 2.56. The van der Waals surface area contributed by atoms with Crippen LogP contribution in [0.2, 0.25) is 0 Å².